The van der Waals surface area contributed by atoms with E-state index >= 15 is 0 Å². The van der Waals surface area contributed by atoms with Crippen molar-refractivity contribution in [3.8, 4) is 0 Å². The van der Waals surface area contributed by atoms with E-state index in [4.69, 9.17) is 23.2 Å². The number of hydrogen-bond donors (Lipinski definition) is 0. The number of carbonyl (C=O) groups is 1. The molecule has 3 nitrogen and oxygen atoms in total. The monoisotopic (exact) mass is 286 g/mol. The number of likely N-dealkylation sites (N-methyl/N-ethyl adjacent to an activating group) is 1. The smallest absolute Gasteiger partial charge is 0.250 e. The zero-order chi connectivity index (χ0) is 13.7. The lowest BCUT2D eigenvalue weighted by Crippen LogP contribution is -2.35. The molecule has 0 aromatic heterocycles. The average molecular weight is 287 g/mol. The number of hydrogen-bond acceptors (Lipinski definition) is 2. The molecule has 0 heterocycles. The molecule has 18 heavy (non-hydrogen) atoms. The lowest BCUT2D eigenvalue weighted by Gasteiger charge is -2.23. The first-order chi connectivity index (χ1) is 8.45. The summed E-state index contributed by atoms with van der Waals surface area (Å²) in [6, 6.07) is 5.13. The van der Waals surface area contributed by atoms with Crippen LogP contribution in [0.25, 0.3) is 0 Å². The molecule has 5 heteroatoms. The van der Waals surface area contributed by atoms with Crippen LogP contribution in [0.15, 0.2) is 30.9 Å². The number of carbonyl (C=O) groups excluding carboxylic acids is 1. The van der Waals surface area contributed by atoms with Gasteiger partial charge in [0.2, 0.25) is 5.91 Å². The lowest BCUT2D eigenvalue weighted by atomic mass is 10.2. The Balaban J connectivity index is 2.97. The van der Waals surface area contributed by atoms with Gasteiger partial charge in [-0.3, -0.25) is 4.79 Å². The third-order valence-corrected chi connectivity index (χ3v) is 3.17. The van der Waals surface area contributed by atoms with Gasteiger partial charge in [0, 0.05) is 18.8 Å². The SMILES string of the molecule is C=CC(=O)N(CCN(C)C)c1ccc(Cl)c(Cl)c1. The zero-order valence-corrected chi connectivity index (χ0v) is 12.0. The minimum Gasteiger partial charge on any atom is -0.308 e. The van der Waals surface area contributed by atoms with E-state index < -0.39 is 0 Å². The first-order valence-electron chi connectivity index (χ1n) is 5.49. The van der Waals surface area contributed by atoms with E-state index in [0.29, 0.717) is 16.6 Å². The van der Waals surface area contributed by atoms with Gasteiger partial charge in [0.05, 0.1) is 10.0 Å². The van der Waals surface area contributed by atoms with Crippen LogP contribution in [-0.4, -0.2) is 38.0 Å². The second-order valence-electron chi connectivity index (χ2n) is 4.10. The topological polar surface area (TPSA) is 23.6 Å². The number of halogens is 2. The third-order valence-electron chi connectivity index (χ3n) is 2.43. The van der Waals surface area contributed by atoms with E-state index in [2.05, 4.69) is 6.58 Å². The van der Waals surface area contributed by atoms with Crippen molar-refractivity contribution in [2.45, 2.75) is 0 Å². The van der Waals surface area contributed by atoms with Crippen molar-refractivity contribution in [2.75, 3.05) is 32.1 Å². The van der Waals surface area contributed by atoms with Crippen molar-refractivity contribution in [3.05, 3.63) is 40.9 Å². The van der Waals surface area contributed by atoms with Gasteiger partial charge in [0.1, 0.15) is 0 Å². The number of benzene rings is 1. The minimum atomic E-state index is -0.157. The summed E-state index contributed by atoms with van der Waals surface area (Å²) >= 11 is 11.8. The summed E-state index contributed by atoms with van der Waals surface area (Å²) in [7, 11) is 3.90. The predicted octanol–water partition coefficient (Wildman–Crippen LogP) is 3.07. The van der Waals surface area contributed by atoms with E-state index in [-0.39, 0.29) is 5.91 Å². The van der Waals surface area contributed by atoms with E-state index in [1.807, 2.05) is 19.0 Å². The molecule has 1 aromatic rings. The Kier molecular flexibility index (Phi) is 5.66. The molecule has 0 bridgehead atoms. The fourth-order valence-corrected chi connectivity index (χ4v) is 1.72. The number of nitrogens with zero attached hydrogens (tertiary/aromatic N) is 2. The van der Waals surface area contributed by atoms with Gasteiger partial charge in [0.25, 0.3) is 0 Å². The van der Waals surface area contributed by atoms with E-state index in [1.165, 1.54) is 6.08 Å². The predicted molar refractivity (Wildman–Crippen MR) is 77.6 cm³/mol. The summed E-state index contributed by atoms with van der Waals surface area (Å²) in [6.07, 6.45) is 1.29. The maximum Gasteiger partial charge on any atom is 0.250 e. The second kappa shape index (κ2) is 6.78. The van der Waals surface area contributed by atoms with Crippen LogP contribution in [0.5, 0.6) is 0 Å². The summed E-state index contributed by atoms with van der Waals surface area (Å²) in [4.78, 5) is 15.5. The van der Waals surface area contributed by atoms with Crippen molar-refractivity contribution in [2.24, 2.45) is 0 Å². The molecule has 0 N–H and O–H groups in total. The molecular formula is C13H16Cl2N2O. The average Bonchev–Trinajstić information content (AvgIpc) is 2.33. The molecule has 98 valence electrons. The van der Waals surface area contributed by atoms with Gasteiger partial charge in [-0.05, 0) is 38.4 Å². The fraction of sp³-hybridized carbons (Fsp3) is 0.308. The molecule has 0 aliphatic heterocycles. The summed E-state index contributed by atoms with van der Waals surface area (Å²) in [6.45, 7) is 4.83. The molecule has 0 radical (unpaired) electrons. The maximum absolute atomic E-state index is 11.8. The fourth-order valence-electron chi connectivity index (χ4n) is 1.43. The minimum absolute atomic E-state index is 0.157. The Morgan fingerprint density at radius 2 is 1.94 bits per heavy atom. The van der Waals surface area contributed by atoms with Crippen molar-refractivity contribution < 1.29 is 4.79 Å². The van der Waals surface area contributed by atoms with Crippen LogP contribution in [0.4, 0.5) is 5.69 Å². The standard InChI is InChI=1S/C13H16Cl2N2O/c1-4-13(18)17(8-7-16(2)3)10-5-6-11(14)12(15)9-10/h4-6,9H,1,7-8H2,2-3H3. The van der Waals surface area contributed by atoms with Crippen LogP contribution in [0.2, 0.25) is 10.0 Å². The highest BCUT2D eigenvalue weighted by atomic mass is 35.5. The van der Waals surface area contributed by atoms with E-state index in [0.717, 1.165) is 12.2 Å². The molecule has 1 aromatic carbocycles. The van der Waals surface area contributed by atoms with Crippen molar-refractivity contribution in [1.82, 2.24) is 4.90 Å². The maximum atomic E-state index is 11.8. The first kappa shape index (κ1) is 15.0. The molecule has 0 fully saturated rings. The highest BCUT2D eigenvalue weighted by Crippen LogP contribution is 2.27. The van der Waals surface area contributed by atoms with Gasteiger partial charge in [0.15, 0.2) is 0 Å². The molecule has 1 amide bonds. The molecular weight excluding hydrogens is 271 g/mol. The van der Waals surface area contributed by atoms with Crippen LogP contribution < -0.4 is 4.90 Å². The molecule has 0 unspecified atom stereocenters. The third kappa shape index (κ3) is 4.02. The van der Waals surface area contributed by atoms with Crippen LogP contribution in [0, 0.1) is 0 Å². The summed E-state index contributed by atoms with van der Waals surface area (Å²) in [5, 5.41) is 0.903. The van der Waals surface area contributed by atoms with Gasteiger partial charge in [-0.15, -0.1) is 0 Å². The number of amides is 1. The Labute approximate surface area is 118 Å². The second-order valence-corrected chi connectivity index (χ2v) is 4.91. The van der Waals surface area contributed by atoms with E-state index in [1.54, 1.807) is 23.1 Å². The normalized spacial score (nSPS) is 10.5. The molecule has 0 saturated heterocycles. The number of rotatable bonds is 5. The highest BCUT2D eigenvalue weighted by molar-refractivity contribution is 6.42. The number of anilines is 1. The van der Waals surface area contributed by atoms with E-state index in [9.17, 15) is 4.79 Å². The first-order valence-corrected chi connectivity index (χ1v) is 6.25. The zero-order valence-electron chi connectivity index (χ0n) is 10.5. The quantitative estimate of drug-likeness (QED) is 0.777. The molecule has 0 aliphatic carbocycles. The summed E-state index contributed by atoms with van der Waals surface area (Å²) in [5.74, 6) is -0.157. The highest BCUT2D eigenvalue weighted by Gasteiger charge is 2.14. The van der Waals surface area contributed by atoms with Crippen molar-refractivity contribution in [1.29, 1.82) is 0 Å². The van der Waals surface area contributed by atoms with Crippen LogP contribution in [0.1, 0.15) is 0 Å². The molecule has 0 atom stereocenters. The summed E-state index contributed by atoms with van der Waals surface area (Å²) in [5.41, 5.74) is 0.719. The Hall–Kier alpha value is -1.03. The van der Waals surface area contributed by atoms with Gasteiger partial charge in [-0.25, -0.2) is 0 Å². The van der Waals surface area contributed by atoms with Crippen molar-refractivity contribution in [3.63, 3.8) is 0 Å². The molecule has 1 rings (SSSR count). The van der Waals surface area contributed by atoms with Gasteiger partial charge in [-0.1, -0.05) is 29.8 Å². The largest absolute Gasteiger partial charge is 0.308 e. The molecule has 0 spiro atoms. The van der Waals surface area contributed by atoms with Gasteiger partial charge in [-0.2, -0.15) is 0 Å². The van der Waals surface area contributed by atoms with Crippen LogP contribution in [0.3, 0.4) is 0 Å². The van der Waals surface area contributed by atoms with Crippen LogP contribution in [-0.2, 0) is 4.79 Å². The summed E-state index contributed by atoms with van der Waals surface area (Å²) < 4.78 is 0. The Morgan fingerprint density at radius 3 is 2.44 bits per heavy atom. The Morgan fingerprint density at radius 1 is 1.28 bits per heavy atom. The molecule has 0 saturated carbocycles. The Bertz CT molecular complexity index is 447. The van der Waals surface area contributed by atoms with Crippen molar-refractivity contribution >= 4 is 34.8 Å². The van der Waals surface area contributed by atoms with Crippen LogP contribution >= 0.6 is 23.2 Å². The van der Waals surface area contributed by atoms with Gasteiger partial charge < -0.3 is 9.80 Å². The molecule has 0 aliphatic rings. The lowest BCUT2D eigenvalue weighted by molar-refractivity contribution is -0.114. The van der Waals surface area contributed by atoms with Gasteiger partial charge >= 0.3 is 0 Å².